The van der Waals surface area contributed by atoms with E-state index in [1.165, 1.54) is 13.0 Å². The number of rotatable bonds is 4. The van der Waals surface area contributed by atoms with Gasteiger partial charge in [-0.2, -0.15) is 0 Å². The number of fused-ring (bicyclic) bond motifs is 2. The lowest BCUT2D eigenvalue weighted by atomic mass is 9.82. The Bertz CT molecular complexity index is 825. The molecule has 8 nitrogen and oxygen atoms in total. The number of epoxide rings is 1. The number of ether oxygens (including phenoxy) is 4. The lowest BCUT2D eigenvalue weighted by Gasteiger charge is -2.29. The Kier molecular flexibility index (Phi) is 6.19. The Morgan fingerprint density at radius 2 is 2.10 bits per heavy atom. The summed E-state index contributed by atoms with van der Waals surface area (Å²) in [4.78, 5) is 36.4. The lowest BCUT2D eigenvalue weighted by Crippen LogP contribution is -2.38. The van der Waals surface area contributed by atoms with Crippen molar-refractivity contribution in [3.8, 4) is 0 Å². The van der Waals surface area contributed by atoms with E-state index >= 15 is 0 Å². The van der Waals surface area contributed by atoms with Crippen molar-refractivity contribution >= 4 is 17.9 Å². The second-order valence-electron chi connectivity index (χ2n) is 8.20. The molecule has 8 heteroatoms. The molecule has 0 amide bonds. The van der Waals surface area contributed by atoms with Crippen molar-refractivity contribution in [2.75, 3.05) is 6.61 Å². The van der Waals surface area contributed by atoms with Gasteiger partial charge in [-0.15, -0.1) is 0 Å². The van der Waals surface area contributed by atoms with Crippen LogP contribution in [0.4, 0.5) is 0 Å². The molecule has 3 aliphatic rings. The highest BCUT2D eigenvalue weighted by molar-refractivity contribution is 5.92. The van der Waals surface area contributed by atoms with Crippen LogP contribution < -0.4 is 0 Å². The van der Waals surface area contributed by atoms with Crippen molar-refractivity contribution in [3.63, 3.8) is 0 Å². The first-order valence-corrected chi connectivity index (χ1v) is 9.99. The summed E-state index contributed by atoms with van der Waals surface area (Å²) in [6.07, 6.45) is 1.79. The number of carbonyl (C=O) groups is 3. The average molecular weight is 420 g/mol. The highest BCUT2D eigenvalue weighted by Gasteiger charge is 2.58. The Morgan fingerprint density at radius 3 is 2.70 bits per heavy atom. The summed E-state index contributed by atoms with van der Waals surface area (Å²) >= 11 is 0. The molecule has 2 heterocycles. The molecule has 0 unspecified atom stereocenters. The number of esters is 3. The zero-order valence-corrected chi connectivity index (χ0v) is 17.7. The van der Waals surface area contributed by atoms with E-state index in [1.807, 2.05) is 6.92 Å². The smallest absolute Gasteiger partial charge is 0.336 e. The van der Waals surface area contributed by atoms with E-state index in [1.54, 1.807) is 19.9 Å². The summed E-state index contributed by atoms with van der Waals surface area (Å²) in [6, 6.07) is 0. The van der Waals surface area contributed by atoms with Crippen molar-refractivity contribution in [1.29, 1.82) is 0 Å². The van der Waals surface area contributed by atoms with Gasteiger partial charge in [0.25, 0.3) is 0 Å². The number of hydrogen-bond acceptors (Lipinski definition) is 8. The predicted octanol–water partition coefficient (Wildman–Crippen LogP) is 1.76. The van der Waals surface area contributed by atoms with E-state index in [4.69, 9.17) is 18.9 Å². The third-order valence-corrected chi connectivity index (χ3v) is 6.01. The molecule has 0 bridgehead atoms. The number of aliphatic hydroxyl groups excluding tert-OH is 1. The van der Waals surface area contributed by atoms with Gasteiger partial charge in [0.05, 0.1) is 29.8 Å². The van der Waals surface area contributed by atoms with Crippen molar-refractivity contribution in [3.05, 3.63) is 35.5 Å². The van der Waals surface area contributed by atoms with Gasteiger partial charge in [-0.1, -0.05) is 12.7 Å². The number of carbonyl (C=O) groups excluding carboxylic acids is 3. The van der Waals surface area contributed by atoms with Crippen LogP contribution in [0.15, 0.2) is 35.5 Å². The van der Waals surface area contributed by atoms with Crippen molar-refractivity contribution in [2.45, 2.75) is 70.6 Å². The van der Waals surface area contributed by atoms with Gasteiger partial charge in [0.15, 0.2) is 0 Å². The van der Waals surface area contributed by atoms with Gasteiger partial charge in [0.2, 0.25) is 0 Å². The van der Waals surface area contributed by atoms with Crippen LogP contribution in [-0.2, 0) is 33.3 Å². The minimum atomic E-state index is -0.743. The zero-order valence-electron chi connectivity index (χ0n) is 17.7. The van der Waals surface area contributed by atoms with E-state index in [0.717, 1.165) is 5.57 Å². The first-order valence-electron chi connectivity index (χ1n) is 9.99. The molecular formula is C22H28O8. The van der Waals surface area contributed by atoms with Gasteiger partial charge in [0.1, 0.15) is 18.3 Å². The molecule has 1 N–H and O–H groups in total. The highest BCUT2D eigenvalue weighted by atomic mass is 16.6. The molecule has 0 aromatic rings. The van der Waals surface area contributed by atoms with Crippen LogP contribution >= 0.6 is 0 Å². The van der Waals surface area contributed by atoms with E-state index in [0.29, 0.717) is 12.8 Å². The molecule has 0 aromatic heterocycles. The van der Waals surface area contributed by atoms with Gasteiger partial charge < -0.3 is 24.1 Å². The van der Waals surface area contributed by atoms with Crippen LogP contribution in [0.5, 0.6) is 0 Å². The zero-order chi connectivity index (χ0) is 22.2. The second kappa shape index (κ2) is 8.35. The van der Waals surface area contributed by atoms with E-state index < -0.39 is 54.3 Å². The molecule has 1 aliphatic carbocycles. The standard InChI is InChI=1S/C22H28O8/c1-6-14(10-23)21(26)29-17-9-22(5)18(30-22)8-15(27-13(4)24)11(2)7-16-19(17)12(3)20(25)28-16/h6-7,15-19,23H,3,8-10H2,1-2,4-5H3/b11-7-,14-6+/t15-,16+,17-,18-,19+,22+/m1/s1. The molecule has 2 aliphatic heterocycles. The van der Waals surface area contributed by atoms with E-state index in [2.05, 4.69) is 6.58 Å². The van der Waals surface area contributed by atoms with Gasteiger partial charge in [0, 0.05) is 25.3 Å². The quantitative estimate of drug-likeness (QED) is 0.241. The Morgan fingerprint density at radius 1 is 1.40 bits per heavy atom. The molecule has 2 saturated heterocycles. The van der Waals surface area contributed by atoms with Crippen LogP contribution in [-0.4, -0.2) is 59.6 Å². The normalized spacial score (nSPS) is 37.8. The lowest BCUT2D eigenvalue weighted by molar-refractivity contribution is -0.149. The molecule has 6 atom stereocenters. The fourth-order valence-electron chi connectivity index (χ4n) is 4.16. The second-order valence-corrected chi connectivity index (χ2v) is 8.20. The molecular weight excluding hydrogens is 392 g/mol. The van der Waals surface area contributed by atoms with Gasteiger partial charge in [-0.25, -0.2) is 9.59 Å². The summed E-state index contributed by atoms with van der Waals surface area (Å²) in [7, 11) is 0. The number of hydrogen-bond donors (Lipinski definition) is 1. The SMILES string of the molecule is C=C1C(=O)O[C@H]2/C=C(/C)[C@H](OC(C)=O)C[C@H]3O[C@@]3(C)C[C@@H](OC(=O)/C(=C/C)CO)[C@@H]12. The van der Waals surface area contributed by atoms with Gasteiger partial charge in [-0.05, 0) is 32.4 Å². The van der Waals surface area contributed by atoms with Crippen LogP contribution in [0.25, 0.3) is 0 Å². The van der Waals surface area contributed by atoms with Crippen molar-refractivity contribution < 1.29 is 38.4 Å². The Labute approximate surface area is 175 Å². The van der Waals surface area contributed by atoms with Crippen LogP contribution in [0.2, 0.25) is 0 Å². The third kappa shape index (κ3) is 4.34. The van der Waals surface area contributed by atoms with Crippen LogP contribution in [0.3, 0.4) is 0 Å². The molecule has 30 heavy (non-hydrogen) atoms. The topological polar surface area (TPSA) is 112 Å². The monoisotopic (exact) mass is 420 g/mol. The molecule has 2 fully saturated rings. The Balaban J connectivity index is 1.98. The van der Waals surface area contributed by atoms with Crippen molar-refractivity contribution in [1.82, 2.24) is 0 Å². The number of aliphatic hydroxyl groups is 1. The number of allylic oxidation sites excluding steroid dienone is 1. The van der Waals surface area contributed by atoms with Gasteiger partial charge in [-0.3, -0.25) is 4.79 Å². The molecule has 0 saturated carbocycles. The van der Waals surface area contributed by atoms with Gasteiger partial charge >= 0.3 is 17.9 Å². The highest BCUT2D eigenvalue weighted by Crippen LogP contribution is 2.48. The Hall–Kier alpha value is -2.45. The minimum Gasteiger partial charge on any atom is -0.458 e. The third-order valence-electron chi connectivity index (χ3n) is 6.01. The molecule has 164 valence electrons. The summed E-state index contributed by atoms with van der Waals surface area (Å²) in [5.41, 5.74) is 0.432. The van der Waals surface area contributed by atoms with E-state index in [9.17, 15) is 19.5 Å². The van der Waals surface area contributed by atoms with E-state index in [-0.39, 0.29) is 17.3 Å². The summed E-state index contributed by atoms with van der Waals surface area (Å²) in [5.74, 6) is -2.25. The fourth-order valence-corrected chi connectivity index (χ4v) is 4.16. The minimum absolute atomic E-state index is 0.125. The maximum absolute atomic E-state index is 12.5. The van der Waals surface area contributed by atoms with Crippen molar-refractivity contribution in [2.24, 2.45) is 5.92 Å². The maximum Gasteiger partial charge on any atom is 0.336 e. The first kappa shape index (κ1) is 22.2. The fraction of sp³-hybridized carbons (Fsp3) is 0.591. The average Bonchev–Trinajstić information content (AvgIpc) is 3.19. The first-order chi connectivity index (χ1) is 14.1. The van der Waals surface area contributed by atoms with Crippen LogP contribution in [0, 0.1) is 5.92 Å². The maximum atomic E-state index is 12.5. The molecule has 0 radical (unpaired) electrons. The predicted molar refractivity (Wildman–Crippen MR) is 105 cm³/mol. The largest absolute Gasteiger partial charge is 0.458 e. The molecule has 0 spiro atoms. The summed E-state index contributed by atoms with van der Waals surface area (Å²) < 4.78 is 22.6. The summed E-state index contributed by atoms with van der Waals surface area (Å²) in [5, 5.41) is 9.40. The molecule has 0 aromatic carbocycles. The summed E-state index contributed by atoms with van der Waals surface area (Å²) in [6.45, 7) is 10.1. The van der Waals surface area contributed by atoms with Crippen LogP contribution in [0.1, 0.15) is 40.5 Å². The molecule has 3 rings (SSSR count).